The number of aromatic nitrogens is 4. The average molecular weight is 356 g/mol. The van der Waals surface area contributed by atoms with E-state index in [0.29, 0.717) is 34.1 Å². The van der Waals surface area contributed by atoms with E-state index in [1.807, 2.05) is 42.5 Å². The van der Waals surface area contributed by atoms with E-state index in [-0.39, 0.29) is 0 Å². The molecule has 0 fully saturated rings. The minimum atomic E-state index is -0.396. The lowest BCUT2D eigenvalue weighted by Crippen LogP contribution is -2.19. The number of ether oxygens (including phenoxy) is 1. The number of H-pyrrole nitrogens is 1. The van der Waals surface area contributed by atoms with E-state index in [9.17, 15) is 5.11 Å². The summed E-state index contributed by atoms with van der Waals surface area (Å²) in [6.07, 6.45) is 0. The van der Waals surface area contributed by atoms with E-state index in [0.717, 1.165) is 0 Å². The maximum absolute atomic E-state index is 12.7. The van der Waals surface area contributed by atoms with Gasteiger partial charge in [-0.2, -0.15) is 5.21 Å². The normalized spacial score (nSPS) is 11.3. The summed E-state index contributed by atoms with van der Waals surface area (Å²) in [6.45, 7) is 0. The summed E-state index contributed by atoms with van der Waals surface area (Å²) in [4.78, 5) is 4.20. The van der Waals surface area contributed by atoms with E-state index in [2.05, 4.69) is 25.6 Å². The predicted octanol–water partition coefficient (Wildman–Crippen LogP) is 3.10. The maximum atomic E-state index is 12.7. The van der Waals surface area contributed by atoms with Gasteiger partial charge < -0.3 is 9.84 Å². The second-order valence-electron chi connectivity index (χ2n) is 5.61. The third-order valence-corrected chi connectivity index (χ3v) is 3.77. The van der Waals surface area contributed by atoms with E-state index in [1.165, 1.54) is 0 Å². The number of para-hydroxylation sites is 2. The van der Waals surface area contributed by atoms with E-state index in [4.69, 9.17) is 4.74 Å². The summed E-state index contributed by atoms with van der Waals surface area (Å²) in [5.41, 5.74) is 1.59. The maximum Gasteiger partial charge on any atom is 0.204 e. The molecule has 0 saturated carbocycles. The molecule has 132 valence electrons. The number of nitrogens with zero attached hydrogens (tertiary/aromatic N) is 4. The van der Waals surface area contributed by atoms with Gasteiger partial charge in [-0.1, -0.05) is 48.5 Å². The Morgan fingerprint density at radius 2 is 1.74 bits per heavy atom. The first-order valence-electron chi connectivity index (χ1n) is 8.21. The molecule has 0 saturated heterocycles. The topological polar surface area (TPSA) is 99.1 Å². The Morgan fingerprint density at radius 1 is 0.926 bits per heavy atom. The number of hydrogen-bond donors (Lipinski definition) is 1. The monoisotopic (exact) mass is 356 g/mol. The smallest absolute Gasteiger partial charge is 0.204 e. The van der Waals surface area contributed by atoms with E-state index >= 15 is 0 Å². The highest BCUT2D eigenvalue weighted by molar-refractivity contribution is 5.95. The molecule has 0 atom stereocenters. The van der Waals surface area contributed by atoms with Gasteiger partial charge in [-0.3, -0.25) is 4.99 Å². The molecule has 0 radical (unpaired) electrons. The van der Waals surface area contributed by atoms with Crippen LogP contribution in [0.4, 0.5) is 5.69 Å². The Balaban J connectivity index is 1.65. The molecule has 27 heavy (non-hydrogen) atoms. The number of aliphatic imine (C=N–C) groups is 1. The number of benzene rings is 3. The summed E-state index contributed by atoms with van der Waals surface area (Å²) in [5.74, 6) is 1.14. The minimum Gasteiger partial charge on any atom is -0.858 e. The van der Waals surface area contributed by atoms with Crippen molar-refractivity contribution in [2.24, 2.45) is 4.99 Å². The quantitative estimate of drug-likeness (QED) is 0.437. The Labute approximate surface area is 155 Å². The third-order valence-electron chi connectivity index (χ3n) is 3.77. The van der Waals surface area contributed by atoms with Crippen molar-refractivity contribution in [3.05, 3.63) is 84.4 Å². The van der Waals surface area contributed by atoms with Gasteiger partial charge in [0.15, 0.2) is 0 Å². The molecule has 1 N–H and O–H groups in total. The lowest BCUT2D eigenvalue weighted by molar-refractivity contribution is -0.212. The fraction of sp³-hybridized carbons (Fsp3) is 0. The highest BCUT2D eigenvalue weighted by Crippen LogP contribution is 2.26. The molecule has 3 aromatic carbocycles. The summed E-state index contributed by atoms with van der Waals surface area (Å²) < 4.78 is 5.84. The van der Waals surface area contributed by atoms with Gasteiger partial charge in [-0.15, -0.1) is 10.2 Å². The van der Waals surface area contributed by atoms with Crippen molar-refractivity contribution in [1.82, 2.24) is 20.6 Å². The number of nitrogens with one attached hydrogen (secondary N) is 1. The van der Waals surface area contributed by atoms with Crippen LogP contribution in [0, 0.1) is 0 Å². The lowest BCUT2D eigenvalue weighted by atomic mass is 10.1. The second kappa shape index (κ2) is 7.49. The van der Waals surface area contributed by atoms with Crippen LogP contribution in [0.25, 0.3) is 11.4 Å². The molecular weight excluding hydrogens is 342 g/mol. The fourth-order valence-corrected chi connectivity index (χ4v) is 2.52. The van der Waals surface area contributed by atoms with Gasteiger partial charge in [0.05, 0.1) is 5.69 Å². The van der Waals surface area contributed by atoms with Gasteiger partial charge in [0.1, 0.15) is 11.5 Å². The van der Waals surface area contributed by atoms with Crippen LogP contribution < -0.4 is 9.84 Å². The molecule has 0 bridgehead atoms. The van der Waals surface area contributed by atoms with Crippen LogP contribution in [0.2, 0.25) is 0 Å². The van der Waals surface area contributed by atoms with Crippen LogP contribution in [-0.2, 0) is 0 Å². The number of hydrogen-bond acceptors (Lipinski definition) is 6. The predicted molar refractivity (Wildman–Crippen MR) is 98.8 cm³/mol. The fourth-order valence-electron chi connectivity index (χ4n) is 2.52. The Bertz CT molecular complexity index is 1060. The molecule has 7 nitrogen and oxygen atoms in total. The highest BCUT2D eigenvalue weighted by Gasteiger charge is 2.06. The zero-order valence-electron chi connectivity index (χ0n) is 14.1. The van der Waals surface area contributed by atoms with Gasteiger partial charge in [-0.05, 0) is 41.4 Å². The third kappa shape index (κ3) is 3.82. The van der Waals surface area contributed by atoms with Crippen molar-refractivity contribution < 1.29 is 9.84 Å². The molecule has 1 heterocycles. The van der Waals surface area contributed by atoms with Gasteiger partial charge in [0.2, 0.25) is 5.82 Å². The van der Waals surface area contributed by atoms with Crippen molar-refractivity contribution in [3.8, 4) is 22.9 Å². The summed E-state index contributed by atoms with van der Waals surface area (Å²) in [7, 11) is 0. The van der Waals surface area contributed by atoms with Crippen LogP contribution in [0.5, 0.6) is 11.5 Å². The molecule has 0 aliphatic carbocycles. The first-order valence-corrected chi connectivity index (χ1v) is 8.21. The van der Waals surface area contributed by atoms with Crippen LogP contribution in [0.1, 0.15) is 5.56 Å². The number of aromatic amines is 1. The molecule has 0 aliphatic rings. The summed E-state index contributed by atoms with van der Waals surface area (Å²) in [6, 6.07) is 23.4. The molecule has 0 spiro atoms. The molecule has 1 aromatic heterocycles. The van der Waals surface area contributed by atoms with Crippen molar-refractivity contribution >= 4 is 11.6 Å². The van der Waals surface area contributed by atoms with Crippen LogP contribution in [-0.4, -0.2) is 26.5 Å². The Hall–Kier alpha value is -4.00. The molecule has 0 aliphatic heterocycles. The summed E-state index contributed by atoms with van der Waals surface area (Å²) in [5, 5.41) is 26.5. The molecule has 4 aromatic rings. The summed E-state index contributed by atoms with van der Waals surface area (Å²) >= 11 is 0. The standard InChI is InChI=1S/C20H15N5O2/c26-20(21-15-8-6-7-14(13-15)19-22-24-25-23-19)17-11-4-5-12-18(17)27-16-9-2-1-3-10-16/h1-13H,(H,21,26)(H,22,23,24,25)/p-1. The van der Waals surface area contributed by atoms with Crippen LogP contribution in [0.15, 0.2) is 83.9 Å². The second-order valence-corrected chi connectivity index (χ2v) is 5.61. The SMILES string of the molecule is [O-]C(=Nc1cccc(-c2nn[nH]n2)c1)c1ccccc1Oc1ccccc1. The number of rotatable bonds is 5. The minimum absolute atomic E-state index is 0.381. The van der Waals surface area contributed by atoms with E-state index < -0.39 is 5.90 Å². The van der Waals surface area contributed by atoms with Gasteiger partial charge >= 0.3 is 0 Å². The zero-order chi connectivity index (χ0) is 18.5. The largest absolute Gasteiger partial charge is 0.858 e. The first kappa shape index (κ1) is 16.5. The molecule has 0 unspecified atom stereocenters. The first-order chi connectivity index (χ1) is 13.3. The molecule has 4 rings (SSSR count). The highest BCUT2D eigenvalue weighted by atomic mass is 16.5. The van der Waals surface area contributed by atoms with E-state index in [1.54, 1.807) is 36.4 Å². The molecule has 7 heteroatoms. The van der Waals surface area contributed by atoms with Crippen molar-refractivity contribution in [2.75, 3.05) is 0 Å². The number of tetrazole rings is 1. The Morgan fingerprint density at radius 3 is 2.56 bits per heavy atom. The van der Waals surface area contributed by atoms with Gasteiger partial charge in [0.25, 0.3) is 0 Å². The van der Waals surface area contributed by atoms with Gasteiger partial charge in [-0.25, -0.2) is 0 Å². The van der Waals surface area contributed by atoms with Crippen molar-refractivity contribution in [2.45, 2.75) is 0 Å². The molecule has 0 amide bonds. The zero-order valence-corrected chi connectivity index (χ0v) is 14.1. The van der Waals surface area contributed by atoms with Crippen LogP contribution >= 0.6 is 0 Å². The van der Waals surface area contributed by atoms with Crippen molar-refractivity contribution in [1.29, 1.82) is 0 Å². The molecular formula is C20H14N5O2-. The average Bonchev–Trinajstić information content (AvgIpc) is 3.24. The van der Waals surface area contributed by atoms with Crippen LogP contribution in [0.3, 0.4) is 0 Å². The Kier molecular flexibility index (Phi) is 4.57. The van der Waals surface area contributed by atoms with Gasteiger partial charge in [0, 0.05) is 11.1 Å². The van der Waals surface area contributed by atoms with Crippen molar-refractivity contribution in [3.63, 3.8) is 0 Å². The lowest BCUT2D eigenvalue weighted by Gasteiger charge is -2.16.